The van der Waals surface area contributed by atoms with Gasteiger partial charge in [0.05, 0.1) is 11.8 Å². The lowest BCUT2D eigenvalue weighted by Gasteiger charge is -2.21. The molecule has 1 N–H and O–H groups in total. The first-order valence-electron chi connectivity index (χ1n) is 9.66. The lowest BCUT2D eigenvalue weighted by atomic mass is 9.88. The van der Waals surface area contributed by atoms with Crippen LogP contribution in [0.3, 0.4) is 0 Å². The average Bonchev–Trinajstić information content (AvgIpc) is 3.15. The zero-order valence-corrected chi connectivity index (χ0v) is 16.5. The molecule has 0 aliphatic heterocycles. The van der Waals surface area contributed by atoms with Gasteiger partial charge in [0.1, 0.15) is 11.6 Å². The Balaban J connectivity index is 1.55. The van der Waals surface area contributed by atoms with Gasteiger partial charge in [-0.05, 0) is 23.6 Å². The molecule has 0 saturated heterocycles. The van der Waals surface area contributed by atoms with Gasteiger partial charge in [-0.15, -0.1) is 0 Å². The largest absolute Gasteiger partial charge is 0.441 e. The van der Waals surface area contributed by atoms with Crippen LogP contribution in [0.25, 0.3) is 11.3 Å². The number of hydrogen-bond acceptors (Lipinski definition) is 3. The van der Waals surface area contributed by atoms with E-state index in [1.54, 1.807) is 0 Å². The van der Waals surface area contributed by atoms with Crippen molar-refractivity contribution in [2.45, 2.75) is 32.6 Å². The molecule has 0 bridgehead atoms. The average molecular weight is 398 g/mol. The molecular formula is C23H24F2N2O2. The van der Waals surface area contributed by atoms with E-state index in [1.807, 2.05) is 18.2 Å². The van der Waals surface area contributed by atoms with Crippen molar-refractivity contribution in [2.75, 3.05) is 6.54 Å². The maximum absolute atomic E-state index is 13.8. The molecule has 0 spiro atoms. The van der Waals surface area contributed by atoms with Crippen LogP contribution in [0.5, 0.6) is 0 Å². The van der Waals surface area contributed by atoms with Gasteiger partial charge < -0.3 is 9.73 Å². The Kier molecular flexibility index (Phi) is 6.75. The zero-order chi connectivity index (χ0) is 20.8. The number of nitrogens with zero attached hydrogens (tertiary/aromatic N) is 1. The standard InChI is InChI=1S/C23H24F2N2O2/c1-15(2)17(16-7-4-3-5-8-16)13-26-21(28)11-12-22-27-14-20(29-22)23-18(24)9-6-10-19(23)25/h3-10,14-15,17H,11-13H2,1-2H3,(H,26,28). The van der Waals surface area contributed by atoms with E-state index in [-0.39, 0.29) is 41.9 Å². The highest BCUT2D eigenvalue weighted by Gasteiger charge is 2.18. The Hall–Kier alpha value is -3.02. The summed E-state index contributed by atoms with van der Waals surface area (Å²) >= 11 is 0. The maximum atomic E-state index is 13.8. The van der Waals surface area contributed by atoms with Crippen molar-refractivity contribution in [1.29, 1.82) is 0 Å². The van der Waals surface area contributed by atoms with E-state index in [0.717, 1.165) is 12.1 Å². The quantitative estimate of drug-likeness (QED) is 0.574. The number of carbonyl (C=O) groups excluding carboxylic acids is 1. The summed E-state index contributed by atoms with van der Waals surface area (Å²) in [5.74, 6) is -0.679. The van der Waals surface area contributed by atoms with Crippen molar-refractivity contribution < 1.29 is 18.0 Å². The van der Waals surface area contributed by atoms with Gasteiger partial charge in [0.25, 0.3) is 0 Å². The van der Waals surface area contributed by atoms with Crippen LogP contribution < -0.4 is 5.32 Å². The van der Waals surface area contributed by atoms with Crippen molar-refractivity contribution in [3.8, 4) is 11.3 Å². The SMILES string of the molecule is CC(C)C(CNC(=O)CCc1ncc(-c2c(F)cccc2F)o1)c1ccccc1. The molecule has 0 fully saturated rings. The van der Waals surface area contributed by atoms with E-state index in [2.05, 4.69) is 36.3 Å². The molecule has 0 radical (unpaired) electrons. The Bertz CT molecular complexity index is 934. The summed E-state index contributed by atoms with van der Waals surface area (Å²) in [7, 11) is 0. The molecule has 6 heteroatoms. The van der Waals surface area contributed by atoms with Crippen LogP contribution in [-0.2, 0) is 11.2 Å². The number of aryl methyl sites for hydroxylation is 1. The number of rotatable bonds is 8. The minimum Gasteiger partial charge on any atom is -0.441 e. The highest BCUT2D eigenvalue weighted by Crippen LogP contribution is 2.27. The monoisotopic (exact) mass is 398 g/mol. The van der Waals surface area contributed by atoms with Gasteiger partial charge in [0.2, 0.25) is 5.91 Å². The van der Waals surface area contributed by atoms with Gasteiger partial charge in [-0.2, -0.15) is 0 Å². The number of carbonyl (C=O) groups is 1. The molecule has 152 valence electrons. The van der Waals surface area contributed by atoms with Gasteiger partial charge in [-0.3, -0.25) is 4.79 Å². The first kappa shape index (κ1) is 20.7. The lowest BCUT2D eigenvalue weighted by Crippen LogP contribution is -2.30. The molecule has 2 aromatic carbocycles. The summed E-state index contributed by atoms with van der Waals surface area (Å²) in [6, 6.07) is 13.7. The molecule has 0 saturated carbocycles. The fourth-order valence-electron chi connectivity index (χ4n) is 3.25. The molecule has 4 nitrogen and oxygen atoms in total. The first-order valence-corrected chi connectivity index (χ1v) is 9.66. The number of halogens is 2. The molecule has 0 aliphatic carbocycles. The van der Waals surface area contributed by atoms with E-state index < -0.39 is 11.6 Å². The molecule has 1 atom stereocenters. The summed E-state index contributed by atoms with van der Waals surface area (Å²) < 4.78 is 33.1. The number of amides is 1. The van der Waals surface area contributed by atoms with Crippen molar-refractivity contribution >= 4 is 5.91 Å². The summed E-state index contributed by atoms with van der Waals surface area (Å²) in [6.45, 7) is 4.79. The summed E-state index contributed by atoms with van der Waals surface area (Å²) in [5.41, 5.74) is 0.936. The number of aromatic nitrogens is 1. The topological polar surface area (TPSA) is 55.1 Å². The van der Waals surface area contributed by atoms with E-state index in [9.17, 15) is 13.6 Å². The van der Waals surface area contributed by atoms with Crippen LogP contribution in [0.2, 0.25) is 0 Å². The minimum atomic E-state index is -0.717. The first-order chi connectivity index (χ1) is 14.0. The van der Waals surface area contributed by atoms with Crippen molar-refractivity contribution in [2.24, 2.45) is 5.92 Å². The Labute approximate surface area is 169 Å². The summed E-state index contributed by atoms with van der Waals surface area (Å²) in [5, 5.41) is 2.96. The highest BCUT2D eigenvalue weighted by atomic mass is 19.1. The molecule has 3 aromatic rings. The number of hydrogen-bond donors (Lipinski definition) is 1. The van der Waals surface area contributed by atoms with E-state index in [4.69, 9.17) is 4.42 Å². The second kappa shape index (κ2) is 9.45. The fraction of sp³-hybridized carbons (Fsp3) is 0.304. The second-order valence-electron chi connectivity index (χ2n) is 7.28. The third-order valence-electron chi connectivity index (χ3n) is 4.88. The van der Waals surface area contributed by atoms with Crippen LogP contribution in [-0.4, -0.2) is 17.4 Å². The smallest absolute Gasteiger partial charge is 0.220 e. The Morgan fingerprint density at radius 2 is 1.76 bits per heavy atom. The predicted octanol–water partition coefficient (Wildman–Crippen LogP) is 5.11. The van der Waals surface area contributed by atoms with Crippen molar-refractivity contribution in [1.82, 2.24) is 10.3 Å². The summed E-state index contributed by atoms with van der Waals surface area (Å²) in [6.07, 6.45) is 1.71. The van der Waals surface area contributed by atoms with Crippen LogP contribution >= 0.6 is 0 Å². The van der Waals surface area contributed by atoms with Crippen molar-refractivity contribution in [3.05, 3.63) is 77.8 Å². The Morgan fingerprint density at radius 3 is 2.41 bits per heavy atom. The predicted molar refractivity (Wildman–Crippen MR) is 107 cm³/mol. The van der Waals surface area contributed by atoms with E-state index in [0.29, 0.717) is 12.5 Å². The fourth-order valence-corrected chi connectivity index (χ4v) is 3.25. The van der Waals surface area contributed by atoms with Crippen LogP contribution in [0, 0.1) is 17.6 Å². The minimum absolute atomic E-state index is 0.0138. The van der Waals surface area contributed by atoms with Crippen molar-refractivity contribution in [3.63, 3.8) is 0 Å². The van der Waals surface area contributed by atoms with Gasteiger partial charge in [-0.25, -0.2) is 13.8 Å². The third kappa shape index (κ3) is 5.28. The molecule has 29 heavy (non-hydrogen) atoms. The highest BCUT2D eigenvalue weighted by molar-refractivity contribution is 5.76. The third-order valence-corrected chi connectivity index (χ3v) is 4.88. The van der Waals surface area contributed by atoms with Gasteiger partial charge in [-0.1, -0.05) is 50.2 Å². The molecule has 3 rings (SSSR count). The number of benzene rings is 2. The van der Waals surface area contributed by atoms with Gasteiger partial charge in [0, 0.05) is 25.3 Å². The normalized spacial score (nSPS) is 12.2. The van der Waals surface area contributed by atoms with E-state index in [1.165, 1.54) is 17.8 Å². The maximum Gasteiger partial charge on any atom is 0.220 e. The Morgan fingerprint density at radius 1 is 1.07 bits per heavy atom. The molecular weight excluding hydrogens is 374 g/mol. The number of oxazole rings is 1. The van der Waals surface area contributed by atoms with Crippen LogP contribution in [0.4, 0.5) is 8.78 Å². The molecule has 1 amide bonds. The summed E-state index contributed by atoms with van der Waals surface area (Å²) in [4.78, 5) is 16.3. The second-order valence-corrected chi connectivity index (χ2v) is 7.28. The molecule has 0 aliphatic rings. The molecule has 1 unspecified atom stereocenters. The molecule has 1 heterocycles. The van der Waals surface area contributed by atoms with Gasteiger partial charge >= 0.3 is 0 Å². The lowest BCUT2D eigenvalue weighted by molar-refractivity contribution is -0.121. The number of nitrogens with one attached hydrogen (secondary N) is 1. The zero-order valence-electron chi connectivity index (χ0n) is 16.5. The van der Waals surface area contributed by atoms with E-state index >= 15 is 0 Å². The van der Waals surface area contributed by atoms with Crippen LogP contribution in [0.1, 0.15) is 37.6 Å². The van der Waals surface area contributed by atoms with Gasteiger partial charge in [0.15, 0.2) is 11.7 Å². The molecule has 1 aromatic heterocycles. The van der Waals surface area contributed by atoms with Crippen LogP contribution in [0.15, 0.2) is 59.1 Å².